The molecule has 1 aliphatic heterocycles. The number of thioether (sulfide) groups is 1. The molecule has 6 nitrogen and oxygen atoms in total. The van der Waals surface area contributed by atoms with E-state index in [-0.39, 0.29) is 28.4 Å². The van der Waals surface area contributed by atoms with E-state index in [0.29, 0.717) is 11.3 Å². The zero-order valence-corrected chi connectivity index (χ0v) is 24.8. The van der Waals surface area contributed by atoms with Gasteiger partial charge in [0.15, 0.2) is 5.17 Å². The van der Waals surface area contributed by atoms with Crippen LogP contribution >= 0.6 is 27.7 Å². The number of hydrogen-bond donors (Lipinski definition) is 1. The van der Waals surface area contributed by atoms with Gasteiger partial charge in [0, 0.05) is 10.2 Å². The van der Waals surface area contributed by atoms with Gasteiger partial charge in [-0.25, -0.2) is 0 Å². The molecule has 3 aromatic rings. The highest BCUT2D eigenvalue weighted by Gasteiger charge is 2.35. The van der Waals surface area contributed by atoms with Crippen LogP contribution < -0.4 is 5.32 Å². The van der Waals surface area contributed by atoms with Crippen LogP contribution in [0.15, 0.2) is 137 Å². The van der Waals surface area contributed by atoms with Crippen LogP contribution in [0.25, 0.3) is 6.08 Å². The first-order valence-corrected chi connectivity index (χ1v) is 14.6. The van der Waals surface area contributed by atoms with Gasteiger partial charge >= 0.3 is 0 Å². The summed E-state index contributed by atoms with van der Waals surface area (Å²) in [6.07, 6.45) is 8.24. The minimum atomic E-state index is -0.667. The second kappa shape index (κ2) is 14.4. The maximum Gasteiger partial charge on any atom is 0.285 e. The molecule has 0 bridgehead atoms. The molecular formula is C33H28BrN3O3S. The highest BCUT2D eigenvalue weighted by Crippen LogP contribution is 2.28. The SMILES string of the molecule is C=C/C=C\C(=C/C)N1C(=O)/C(=C/c2ccccc2Br)C(=O)N=C1SCC(=O)NC(c1ccccc1)c1ccccc1. The molecule has 3 amide bonds. The quantitative estimate of drug-likeness (QED) is 0.160. The highest BCUT2D eigenvalue weighted by molar-refractivity contribution is 9.10. The first-order valence-electron chi connectivity index (χ1n) is 12.8. The van der Waals surface area contributed by atoms with E-state index in [4.69, 9.17) is 0 Å². The third-order valence-corrected chi connectivity index (χ3v) is 7.78. The molecule has 0 aliphatic carbocycles. The van der Waals surface area contributed by atoms with Crippen molar-refractivity contribution in [3.8, 4) is 0 Å². The van der Waals surface area contributed by atoms with E-state index in [9.17, 15) is 14.4 Å². The van der Waals surface area contributed by atoms with Crippen molar-refractivity contribution in [2.24, 2.45) is 4.99 Å². The van der Waals surface area contributed by atoms with Gasteiger partial charge < -0.3 is 5.32 Å². The third-order valence-electron chi connectivity index (χ3n) is 6.12. The largest absolute Gasteiger partial charge is 0.344 e. The van der Waals surface area contributed by atoms with Gasteiger partial charge in [0.05, 0.1) is 11.8 Å². The number of hydrogen-bond acceptors (Lipinski definition) is 4. The van der Waals surface area contributed by atoms with Gasteiger partial charge in [-0.2, -0.15) is 4.99 Å². The molecule has 0 fully saturated rings. The molecule has 1 N–H and O–H groups in total. The Kier molecular flexibility index (Phi) is 10.4. The Balaban J connectivity index is 1.61. The van der Waals surface area contributed by atoms with Crippen molar-refractivity contribution in [2.75, 3.05) is 5.75 Å². The third kappa shape index (κ3) is 7.48. The fourth-order valence-electron chi connectivity index (χ4n) is 4.14. The van der Waals surface area contributed by atoms with Gasteiger partial charge in [-0.3, -0.25) is 19.3 Å². The lowest BCUT2D eigenvalue weighted by atomic mass is 9.99. The number of benzene rings is 3. The van der Waals surface area contributed by atoms with Crippen LogP contribution in [0, 0.1) is 0 Å². The number of amides is 3. The van der Waals surface area contributed by atoms with E-state index in [1.54, 1.807) is 37.3 Å². The standard InChI is InChI=1S/C33H28BrN3O3S/c1-3-5-19-26(4-2)37-32(40)27(21-25-18-12-13-20-28(25)34)31(39)36-33(37)41-22-29(38)35-30(23-14-8-6-9-15-23)24-16-10-7-11-17-24/h3-21,30H,1,22H2,2H3,(H,35,38)/b19-5-,26-4+,27-21+. The van der Waals surface area contributed by atoms with Crippen molar-refractivity contribution in [1.82, 2.24) is 10.2 Å². The summed E-state index contributed by atoms with van der Waals surface area (Å²) in [7, 11) is 0. The van der Waals surface area contributed by atoms with Crippen molar-refractivity contribution >= 4 is 56.7 Å². The Morgan fingerprint density at radius 3 is 2.20 bits per heavy atom. The number of nitrogens with zero attached hydrogens (tertiary/aromatic N) is 2. The van der Waals surface area contributed by atoms with E-state index in [2.05, 4.69) is 32.8 Å². The van der Waals surface area contributed by atoms with Crippen LogP contribution in [0.5, 0.6) is 0 Å². The van der Waals surface area contributed by atoms with Crippen molar-refractivity contribution in [2.45, 2.75) is 13.0 Å². The van der Waals surface area contributed by atoms with E-state index in [0.717, 1.165) is 27.4 Å². The molecular weight excluding hydrogens is 598 g/mol. The van der Waals surface area contributed by atoms with Crippen LogP contribution in [0.4, 0.5) is 0 Å². The first-order chi connectivity index (χ1) is 19.9. The number of carbonyl (C=O) groups is 3. The molecule has 0 spiro atoms. The van der Waals surface area contributed by atoms with Crippen molar-refractivity contribution in [3.05, 3.63) is 148 Å². The van der Waals surface area contributed by atoms with Gasteiger partial charge in [-0.05, 0) is 41.8 Å². The molecule has 41 heavy (non-hydrogen) atoms. The molecule has 1 aliphatic rings. The number of nitrogens with one attached hydrogen (secondary N) is 1. The fraction of sp³-hybridized carbons (Fsp3) is 0.0909. The number of aliphatic imine (C=N–C) groups is 1. The predicted molar refractivity (Wildman–Crippen MR) is 170 cm³/mol. The molecule has 206 valence electrons. The van der Waals surface area contributed by atoms with E-state index < -0.39 is 11.8 Å². The molecule has 3 aromatic carbocycles. The van der Waals surface area contributed by atoms with E-state index >= 15 is 0 Å². The fourth-order valence-corrected chi connectivity index (χ4v) is 5.35. The lowest BCUT2D eigenvalue weighted by Gasteiger charge is -2.28. The Hall–Kier alpha value is -4.27. The monoisotopic (exact) mass is 625 g/mol. The summed E-state index contributed by atoms with van der Waals surface area (Å²) in [5.74, 6) is -1.53. The predicted octanol–water partition coefficient (Wildman–Crippen LogP) is 6.84. The maximum absolute atomic E-state index is 13.7. The second-order valence-electron chi connectivity index (χ2n) is 8.84. The number of rotatable bonds is 9. The Bertz CT molecular complexity index is 1520. The number of carbonyl (C=O) groups excluding carboxylic acids is 3. The van der Waals surface area contributed by atoms with Gasteiger partial charge in [0.1, 0.15) is 5.57 Å². The average molecular weight is 627 g/mol. The van der Waals surface area contributed by atoms with Crippen LogP contribution in [0.2, 0.25) is 0 Å². The number of halogens is 1. The molecule has 4 rings (SSSR count). The van der Waals surface area contributed by atoms with Gasteiger partial charge in [0.2, 0.25) is 5.91 Å². The molecule has 0 aromatic heterocycles. The number of amidine groups is 1. The molecule has 1 heterocycles. The van der Waals surface area contributed by atoms with Gasteiger partial charge in [0.25, 0.3) is 11.8 Å². The van der Waals surface area contributed by atoms with Crippen molar-refractivity contribution < 1.29 is 14.4 Å². The molecule has 0 saturated heterocycles. The van der Waals surface area contributed by atoms with Gasteiger partial charge in [-0.15, -0.1) is 0 Å². The summed E-state index contributed by atoms with van der Waals surface area (Å²) in [5.41, 5.74) is 2.97. The highest BCUT2D eigenvalue weighted by atomic mass is 79.9. The summed E-state index contributed by atoms with van der Waals surface area (Å²) in [5, 5.41) is 3.21. The summed E-state index contributed by atoms with van der Waals surface area (Å²) < 4.78 is 0.740. The number of allylic oxidation sites excluding steroid dienone is 4. The Morgan fingerprint density at radius 1 is 1.00 bits per heavy atom. The molecule has 0 saturated carbocycles. The normalized spacial score (nSPS) is 15.0. The van der Waals surface area contributed by atoms with E-state index in [1.165, 1.54) is 11.0 Å². The smallest absolute Gasteiger partial charge is 0.285 e. The summed E-state index contributed by atoms with van der Waals surface area (Å²) in [6, 6.07) is 26.3. The summed E-state index contributed by atoms with van der Waals surface area (Å²) in [4.78, 5) is 45.7. The van der Waals surface area contributed by atoms with Crippen LogP contribution in [0.1, 0.15) is 29.7 Å². The zero-order chi connectivity index (χ0) is 29.2. The Labute approximate surface area is 252 Å². The minimum absolute atomic E-state index is 0.0580. The summed E-state index contributed by atoms with van der Waals surface area (Å²) >= 11 is 4.49. The van der Waals surface area contributed by atoms with Gasteiger partial charge in [-0.1, -0.05) is 131 Å². The van der Waals surface area contributed by atoms with Crippen molar-refractivity contribution in [3.63, 3.8) is 0 Å². The Morgan fingerprint density at radius 2 is 1.61 bits per heavy atom. The molecule has 8 heteroatoms. The van der Waals surface area contributed by atoms with Crippen LogP contribution in [0.3, 0.4) is 0 Å². The first kappa shape index (κ1) is 29.7. The maximum atomic E-state index is 13.7. The van der Waals surface area contributed by atoms with E-state index in [1.807, 2.05) is 78.9 Å². The molecule has 0 atom stereocenters. The van der Waals surface area contributed by atoms with Crippen LogP contribution in [-0.4, -0.2) is 33.5 Å². The second-order valence-corrected chi connectivity index (χ2v) is 10.6. The minimum Gasteiger partial charge on any atom is -0.344 e. The average Bonchev–Trinajstić information content (AvgIpc) is 3.00. The molecule has 0 unspecified atom stereocenters. The van der Waals surface area contributed by atoms with Crippen molar-refractivity contribution in [1.29, 1.82) is 0 Å². The lowest BCUT2D eigenvalue weighted by Crippen LogP contribution is -2.42. The zero-order valence-electron chi connectivity index (χ0n) is 22.4. The summed E-state index contributed by atoms with van der Waals surface area (Å²) in [6.45, 7) is 5.48. The molecule has 0 radical (unpaired) electrons. The van der Waals surface area contributed by atoms with Crippen LogP contribution in [-0.2, 0) is 14.4 Å². The lowest BCUT2D eigenvalue weighted by molar-refractivity contribution is -0.126. The topological polar surface area (TPSA) is 78.8 Å².